The molecule has 8 heteroatoms. The van der Waals surface area contributed by atoms with Gasteiger partial charge in [0.1, 0.15) is 0 Å². The third-order valence-electron chi connectivity index (χ3n) is 2.62. The number of carbonyl (C=O) groups is 1. The highest BCUT2D eigenvalue weighted by Gasteiger charge is 2.44. The van der Waals surface area contributed by atoms with E-state index >= 15 is 0 Å². The Hall–Kier alpha value is -1.57. The van der Waals surface area contributed by atoms with Gasteiger partial charge >= 0.3 is 12.1 Å². The van der Waals surface area contributed by atoms with Gasteiger partial charge in [-0.25, -0.2) is 4.98 Å². The summed E-state index contributed by atoms with van der Waals surface area (Å²) in [5.41, 5.74) is 0. The number of hydrogen-bond acceptors (Lipinski definition) is 3. The second-order valence-electron chi connectivity index (χ2n) is 4.14. The number of imidazole rings is 1. The van der Waals surface area contributed by atoms with Crippen molar-refractivity contribution >= 4 is 5.97 Å². The molecule has 1 aromatic rings. The summed E-state index contributed by atoms with van der Waals surface area (Å²) >= 11 is 0. The van der Waals surface area contributed by atoms with Gasteiger partial charge in [0.2, 0.25) is 0 Å². The summed E-state index contributed by atoms with van der Waals surface area (Å²) < 4.78 is 38.8. The van der Waals surface area contributed by atoms with Gasteiger partial charge in [-0.2, -0.15) is 13.2 Å². The average molecular weight is 279 g/mol. The number of unbranched alkanes of at least 4 members (excludes halogenated alkanes) is 1. The molecule has 1 unspecified atom stereocenters. The Kier molecular flexibility index (Phi) is 5.81. The maximum atomic E-state index is 12.3. The van der Waals surface area contributed by atoms with E-state index in [0.29, 0.717) is 13.0 Å². The van der Waals surface area contributed by atoms with Gasteiger partial charge in [-0.05, 0) is 19.4 Å². The highest BCUT2D eigenvalue weighted by Crippen LogP contribution is 2.25. The Morgan fingerprint density at radius 2 is 2.16 bits per heavy atom. The van der Waals surface area contributed by atoms with E-state index in [9.17, 15) is 18.0 Å². The van der Waals surface area contributed by atoms with Crippen LogP contribution < -0.4 is 5.32 Å². The molecule has 0 aliphatic rings. The summed E-state index contributed by atoms with van der Waals surface area (Å²) in [5, 5.41) is 11.0. The number of aromatic nitrogens is 2. The minimum absolute atomic E-state index is 0.356. The number of aryl methyl sites for hydroxylation is 1. The summed E-state index contributed by atoms with van der Waals surface area (Å²) in [4.78, 5) is 14.3. The number of nitrogens with zero attached hydrogens (tertiary/aromatic N) is 2. The molecule has 1 heterocycles. The summed E-state index contributed by atoms with van der Waals surface area (Å²) in [5.74, 6) is -4.19. The Morgan fingerprint density at radius 3 is 2.68 bits per heavy atom. The topological polar surface area (TPSA) is 67.2 Å². The van der Waals surface area contributed by atoms with Crippen LogP contribution in [0.2, 0.25) is 0 Å². The quantitative estimate of drug-likeness (QED) is 0.708. The molecule has 0 saturated carbocycles. The summed E-state index contributed by atoms with van der Waals surface area (Å²) in [7, 11) is 0. The fourth-order valence-corrected chi connectivity index (χ4v) is 1.55. The number of aliphatic carboxylic acids is 1. The lowest BCUT2D eigenvalue weighted by molar-refractivity contribution is -0.192. The van der Waals surface area contributed by atoms with Crippen molar-refractivity contribution in [2.45, 2.75) is 25.6 Å². The Labute approximate surface area is 108 Å². The van der Waals surface area contributed by atoms with Crippen LogP contribution in [0, 0.1) is 5.92 Å². The van der Waals surface area contributed by atoms with Crippen LogP contribution in [0.5, 0.6) is 0 Å². The molecule has 0 aliphatic heterocycles. The van der Waals surface area contributed by atoms with Crippen LogP contribution in [-0.4, -0.2) is 39.9 Å². The van der Waals surface area contributed by atoms with E-state index in [4.69, 9.17) is 5.11 Å². The zero-order valence-electron chi connectivity index (χ0n) is 10.2. The lowest BCUT2D eigenvalue weighted by atomic mass is 10.1. The average Bonchev–Trinajstić information content (AvgIpc) is 2.78. The first-order valence-corrected chi connectivity index (χ1v) is 5.87. The van der Waals surface area contributed by atoms with Crippen LogP contribution in [0.3, 0.4) is 0 Å². The Balaban J connectivity index is 2.14. The van der Waals surface area contributed by atoms with Crippen molar-refractivity contribution in [2.75, 3.05) is 13.1 Å². The molecule has 1 aromatic heterocycles. The molecule has 0 fully saturated rings. The van der Waals surface area contributed by atoms with Gasteiger partial charge in [0.05, 0.1) is 6.33 Å². The highest BCUT2D eigenvalue weighted by molar-refractivity contribution is 5.71. The number of hydrogen-bond donors (Lipinski definition) is 2. The minimum Gasteiger partial charge on any atom is -0.481 e. The van der Waals surface area contributed by atoms with Crippen molar-refractivity contribution in [1.29, 1.82) is 0 Å². The lowest BCUT2D eigenvalue weighted by Gasteiger charge is -2.16. The fraction of sp³-hybridized carbons (Fsp3) is 0.636. The predicted octanol–water partition coefficient (Wildman–Crippen LogP) is 1.52. The summed E-state index contributed by atoms with van der Waals surface area (Å²) in [6, 6.07) is 0. The van der Waals surface area contributed by atoms with Crippen LogP contribution >= 0.6 is 0 Å². The molecule has 0 bridgehead atoms. The molecule has 0 amide bonds. The predicted molar refractivity (Wildman–Crippen MR) is 61.5 cm³/mol. The number of halogens is 3. The van der Waals surface area contributed by atoms with Crippen LogP contribution in [-0.2, 0) is 11.3 Å². The van der Waals surface area contributed by atoms with Gasteiger partial charge in [0.15, 0.2) is 5.92 Å². The van der Waals surface area contributed by atoms with Crippen molar-refractivity contribution in [3.63, 3.8) is 0 Å². The van der Waals surface area contributed by atoms with Gasteiger partial charge < -0.3 is 15.0 Å². The monoisotopic (exact) mass is 279 g/mol. The normalized spacial score (nSPS) is 13.4. The van der Waals surface area contributed by atoms with E-state index in [2.05, 4.69) is 10.3 Å². The number of rotatable bonds is 8. The van der Waals surface area contributed by atoms with Gasteiger partial charge in [0, 0.05) is 25.5 Å². The van der Waals surface area contributed by atoms with Gasteiger partial charge in [-0.3, -0.25) is 4.79 Å². The van der Waals surface area contributed by atoms with E-state index in [1.54, 1.807) is 18.7 Å². The van der Waals surface area contributed by atoms with Crippen LogP contribution in [0.15, 0.2) is 18.7 Å². The number of carboxylic acid groups (broad SMARTS) is 1. The summed E-state index contributed by atoms with van der Waals surface area (Å²) in [6.45, 7) is 0.502. The van der Waals surface area contributed by atoms with Crippen LogP contribution in [0.1, 0.15) is 12.8 Å². The molecule has 1 atom stereocenters. The molecule has 0 saturated heterocycles. The number of carboxylic acids is 1. The van der Waals surface area contributed by atoms with Gasteiger partial charge in [-0.1, -0.05) is 0 Å². The van der Waals surface area contributed by atoms with Crippen molar-refractivity contribution in [3.8, 4) is 0 Å². The second-order valence-corrected chi connectivity index (χ2v) is 4.14. The maximum absolute atomic E-state index is 12.3. The third kappa shape index (κ3) is 5.73. The molecule has 108 valence electrons. The smallest absolute Gasteiger partial charge is 0.403 e. The van der Waals surface area contributed by atoms with E-state index in [0.717, 1.165) is 13.0 Å². The molecule has 2 N–H and O–H groups in total. The van der Waals surface area contributed by atoms with Crippen molar-refractivity contribution in [2.24, 2.45) is 5.92 Å². The largest absolute Gasteiger partial charge is 0.481 e. The van der Waals surface area contributed by atoms with E-state index in [1.807, 2.05) is 4.57 Å². The molecule has 0 radical (unpaired) electrons. The van der Waals surface area contributed by atoms with Crippen LogP contribution in [0.4, 0.5) is 13.2 Å². The van der Waals surface area contributed by atoms with Crippen molar-refractivity contribution in [1.82, 2.24) is 14.9 Å². The van der Waals surface area contributed by atoms with E-state index in [1.165, 1.54) is 0 Å². The standard InChI is InChI=1S/C11H16F3N3O2/c12-11(13,14)9(10(18)19)7-15-3-1-2-5-17-6-4-16-8-17/h4,6,8-9,15H,1-3,5,7H2,(H,18,19). The zero-order chi connectivity index (χ0) is 14.3. The van der Waals surface area contributed by atoms with Crippen molar-refractivity contribution in [3.05, 3.63) is 18.7 Å². The molecular weight excluding hydrogens is 263 g/mol. The Morgan fingerprint density at radius 1 is 1.42 bits per heavy atom. The number of alkyl halides is 3. The summed E-state index contributed by atoms with van der Waals surface area (Å²) in [6.07, 6.45) is 1.86. The maximum Gasteiger partial charge on any atom is 0.403 e. The molecule has 0 aliphatic carbocycles. The minimum atomic E-state index is -4.71. The van der Waals surface area contributed by atoms with E-state index in [-0.39, 0.29) is 0 Å². The highest BCUT2D eigenvalue weighted by atomic mass is 19.4. The molecule has 1 rings (SSSR count). The third-order valence-corrected chi connectivity index (χ3v) is 2.62. The Bertz CT molecular complexity index is 379. The van der Waals surface area contributed by atoms with Crippen LogP contribution in [0.25, 0.3) is 0 Å². The first kappa shape index (κ1) is 15.5. The van der Waals surface area contributed by atoms with Gasteiger partial charge in [-0.15, -0.1) is 0 Å². The van der Waals surface area contributed by atoms with Crippen molar-refractivity contribution < 1.29 is 23.1 Å². The molecule has 19 heavy (non-hydrogen) atoms. The molecule has 0 spiro atoms. The molecule has 5 nitrogen and oxygen atoms in total. The molecular formula is C11H16F3N3O2. The van der Waals surface area contributed by atoms with E-state index < -0.39 is 24.6 Å². The zero-order valence-corrected chi connectivity index (χ0v) is 10.2. The first-order chi connectivity index (χ1) is 8.91. The fourth-order valence-electron chi connectivity index (χ4n) is 1.55. The lowest BCUT2D eigenvalue weighted by Crippen LogP contribution is -2.39. The van der Waals surface area contributed by atoms with Gasteiger partial charge in [0.25, 0.3) is 0 Å². The SMILES string of the molecule is O=C(O)C(CNCCCCn1ccnc1)C(F)(F)F. The number of nitrogens with one attached hydrogen (secondary N) is 1. The first-order valence-electron chi connectivity index (χ1n) is 5.87. The second kappa shape index (κ2) is 7.13. The molecule has 0 aromatic carbocycles.